The zero-order chi connectivity index (χ0) is 26.2. The highest BCUT2D eigenvalue weighted by molar-refractivity contribution is 5.85. The van der Waals surface area contributed by atoms with Crippen molar-refractivity contribution in [2.75, 3.05) is 38.7 Å². The van der Waals surface area contributed by atoms with Crippen LogP contribution in [0.4, 0.5) is 10.5 Å². The van der Waals surface area contributed by atoms with Crippen LogP contribution in [0.2, 0.25) is 0 Å². The van der Waals surface area contributed by atoms with Gasteiger partial charge in [-0.2, -0.15) is 0 Å². The first kappa shape index (κ1) is 26.1. The molecule has 0 saturated carbocycles. The van der Waals surface area contributed by atoms with Crippen LogP contribution >= 0.6 is 0 Å². The number of carbonyl (C=O) groups excluding carboxylic acids is 1. The van der Waals surface area contributed by atoms with Gasteiger partial charge < -0.3 is 35.8 Å². The van der Waals surface area contributed by atoms with Gasteiger partial charge in [-0.05, 0) is 37.6 Å². The van der Waals surface area contributed by atoms with Crippen molar-refractivity contribution >= 4 is 23.0 Å². The van der Waals surface area contributed by atoms with Gasteiger partial charge >= 0.3 is 6.03 Å². The maximum Gasteiger partial charge on any atom is 0.319 e. The summed E-state index contributed by atoms with van der Waals surface area (Å²) >= 11 is 0. The molecule has 1 aliphatic rings. The Hall–Kier alpha value is -4.47. The molecule has 0 spiro atoms. The molecule has 0 aliphatic carbocycles. The minimum Gasteiger partial charge on any atom is -0.507 e. The average Bonchev–Trinajstić information content (AvgIpc) is 2.89. The van der Waals surface area contributed by atoms with Crippen molar-refractivity contribution in [3.05, 3.63) is 80.3 Å². The molecule has 2 aromatic rings. The summed E-state index contributed by atoms with van der Waals surface area (Å²) in [4.78, 5) is 35.5. The lowest BCUT2D eigenvalue weighted by Gasteiger charge is -2.20. The molecule has 0 saturated heterocycles. The molecule has 190 valence electrons. The van der Waals surface area contributed by atoms with Gasteiger partial charge in [0.1, 0.15) is 23.8 Å². The summed E-state index contributed by atoms with van der Waals surface area (Å²) in [7, 11) is 1.81. The van der Waals surface area contributed by atoms with E-state index in [0.29, 0.717) is 29.2 Å². The number of phenolic OH excluding ortho intramolecular Hbond substituents is 1. The monoisotopic (exact) mass is 494 g/mol. The number of ether oxygens (including phenoxy) is 2. The summed E-state index contributed by atoms with van der Waals surface area (Å²) in [6, 6.07) is 2.89. The number of phenols is 1. The van der Waals surface area contributed by atoms with E-state index in [2.05, 4.69) is 27.8 Å². The fourth-order valence-electron chi connectivity index (χ4n) is 3.65. The molecule has 2 amide bonds. The molecule has 3 rings (SSSR count). The van der Waals surface area contributed by atoms with Gasteiger partial charge in [0.2, 0.25) is 0 Å². The van der Waals surface area contributed by atoms with Crippen LogP contribution in [-0.2, 0) is 0 Å². The molecule has 10 nitrogen and oxygen atoms in total. The van der Waals surface area contributed by atoms with Gasteiger partial charge in [0, 0.05) is 48.7 Å². The number of amides is 2. The van der Waals surface area contributed by atoms with E-state index in [-0.39, 0.29) is 36.9 Å². The van der Waals surface area contributed by atoms with Gasteiger partial charge in [0.15, 0.2) is 5.75 Å². The second-order valence-electron chi connectivity index (χ2n) is 7.70. The first-order valence-corrected chi connectivity index (χ1v) is 11.5. The minimum absolute atomic E-state index is 0.0213. The Labute approximate surface area is 208 Å². The number of hydrogen-bond donors (Lipinski definition) is 5. The molecule has 1 heterocycles. The standard InChI is InChI=1S/C26H30N4O6/c1-5-15(17-13-18-19(27-4)8-11-36-21(18)14-20(17)31)12-16(6-2)30-26(34)29-10-9-28-22-23(32)24(33)25(22)35-7-3/h5-6,8,12-14,27-28,31H,1,7,9-11H2,2-4H3,(H2,29,30,34)/b15-12+,16-6+. The highest BCUT2D eigenvalue weighted by Gasteiger charge is 2.22. The zero-order valence-corrected chi connectivity index (χ0v) is 20.5. The predicted octanol–water partition coefficient (Wildman–Crippen LogP) is 2.22. The lowest BCUT2D eigenvalue weighted by atomic mass is 9.97. The van der Waals surface area contributed by atoms with Gasteiger partial charge in [-0.1, -0.05) is 18.7 Å². The van der Waals surface area contributed by atoms with Gasteiger partial charge in [0.25, 0.3) is 10.9 Å². The van der Waals surface area contributed by atoms with Crippen LogP contribution in [0.5, 0.6) is 17.2 Å². The molecule has 2 aromatic carbocycles. The quantitative estimate of drug-likeness (QED) is 0.182. The van der Waals surface area contributed by atoms with Crippen LogP contribution in [0, 0.1) is 0 Å². The molecule has 0 aromatic heterocycles. The number of benzene rings is 1. The predicted molar refractivity (Wildman–Crippen MR) is 140 cm³/mol. The number of carbonyl (C=O) groups is 1. The number of aromatic hydroxyl groups is 1. The van der Waals surface area contributed by atoms with E-state index in [1.54, 1.807) is 44.2 Å². The van der Waals surface area contributed by atoms with Gasteiger partial charge in [-0.25, -0.2) is 4.79 Å². The summed E-state index contributed by atoms with van der Waals surface area (Å²) in [5.41, 5.74) is 2.14. The van der Waals surface area contributed by atoms with Crippen LogP contribution in [0.25, 0.3) is 11.3 Å². The molecular weight excluding hydrogens is 464 g/mol. The van der Waals surface area contributed by atoms with Crippen LogP contribution in [0.3, 0.4) is 0 Å². The van der Waals surface area contributed by atoms with Gasteiger partial charge in [-0.15, -0.1) is 0 Å². The molecular formula is C26H30N4O6. The lowest BCUT2D eigenvalue weighted by molar-refractivity contribution is 0.244. The second kappa shape index (κ2) is 11.8. The highest BCUT2D eigenvalue weighted by atomic mass is 16.5. The number of anilines is 1. The molecule has 36 heavy (non-hydrogen) atoms. The lowest BCUT2D eigenvalue weighted by Crippen LogP contribution is -2.40. The Balaban J connectivity index is 1.64. The van der Waals surface area contributed by atoms with E-state index < -0.39 is 16.9 Å². The summed E-state index contributed by atoms with van der Waals surface area (Å²) in [6.45, 7) is 8.42. The van der Waals surface area contributed by atoms with Crippen molar-refractivity contribution < 1.29 is 19.4 Å². The van der Waals surface area contributed by atoms with E-state index in [1.807, 2.05) is 13.1 Å². The van der Waals surface area contributed by atoms with E-state index in [0.717, 1.165) is 11.3 Å². The largest absolute Gasteiger partial charge is 0.507 e. The second-order valence-corrected chi connectivity index (χ2v) is 7.70. The van der Waals surface area contributed by atoms with Crippen molar-refractivity contribution in [3.8, 4) is 17.2 Å². The molecule has 0 fully saturated rings. The SMILES string of the molecule is C=C/C(=C\C(=C/C)NC(=O)NCCNc1c(OCC)c(=O)c1=O)c1cc2c(cc1O)OCC=C2NC. The zero-order valence-electron chi connectivity index (χ0n) is 20.5. The maximum atomic E-state index is 12.4. The fourth-order valence-corrected chi connectivity index (χ4v) is 3.65. The Kier molecular flexibility index (Phi) is 8.56. The third-order valence-electron chi connectivity index (χ3n) is 5.46. The first-order valence-electron chi connectivity index (χ1n) is 11.5. The molecule has 1 aliphatic heterocycles. The van der Waals surface area contributed by atoms with Crippen LogP contribution in [0.15, 0.2) is 58.3 Å². The normalized spacial score (nSPS) is 13.2. The third kappa shape index (κ3) is 5.60. The van der Waals surface area contributed by atoms with Crippen molar-refractivity contribution in [1.29, 1.82) is 0 Å². The minimum atomic E-state index is -0.650. The van der Waals surface area contributed by atoms with E-state index in [1.165, 1.54) is 0 Å². The smallest absolute Gasteiger partial charge is 0.319 e. The topological polar surface area (TPSA) is 138 Å². The molecule has 5 N–H and O–H groups in total. The van der Waals surface area contributed by atoms with Crippen molar-refractivity contribution in [2.24, 2.45) is 0 Å². The summed E-state index contributed by atoms with van der Waals surface area (Å²) in [6.07, 6.45) is 6.89. The number of hydrogen-bond acceptors (Lipinski definition) is 8. The molecule has 0 bridgehead atoms. The number of rotatable bonds is 11. The summed E-state index contributed by atoms with van der Waals surface area (Å²) < 4.78 is 10.8. The number of urea groups is 1. The molecule has 0 unspecified atom stereocenters. The number of allylic oxidation sites excluding steroid dienone is 4. The Morgan fingerprint density at radius 1 is 1.25 bits per heavy atom. The fraction of sp³-hybridized carbons (Fsp3) is 0.269. The average molecular weight is 495 g/mol. The molecule has 0 radical (unpaired) electrons. The Morgan fingerprint density at radius 3 is 2.69 bits per heavy atom. The summed E-state index contributed by atoms with van der Waals surface area (Å²) in [5.74, 6) is 0.619. The first-order chi connectivity index (χ1) is 17.3. The van der Waals surface area contributed by atoms with Crippen molar-refractivity contribution in [1.82, 2.24) is 16.0 Å². The van der Waals surface area contributed by atoms with Gasteiger partial charge in [0.05, 0.1) is 6.61 Å². The maximum absolute atomic E-state index is 12.4. The van der Waals surface area contributed by atoms with Crippen LogP contribution in [0.1, 0.15) is 25.0 Å². The van der Waals surface area contributed by atoms with Crippen molar-refractivity contribution in [2.45, 2.75) is 13.8 Å². The Morgan fingerprint density at radius 2 is 2.03 bits per heavy atom. The third-order valence-corrected chi connectivity index (χ3v) is 5.46. The van der Waals surface area contributed by atoms with Crippen LogP contribution in [-0.4, -0.2) is 44.5 Å². The molecule has 0 atom stereocenters. The van der Waals surface area contributed by atoms with E-state index >= 15 is 0 Å². The highest BCUT2D eigenvalue weighted by Crippen LogP contribution is 2.37. The number of nitrogens with one attached hydrogen (secondary N) is 4. The Bertz CT molecular complexity index is 1310. The van der Waals surface area contributed by atoms with Crippen molar-refractivity contribution in [3.63, 3.8) is 0 Å². The van der Waals surface area contributed by atoms with E-state index in [9.17, 15) is 19.5 Å². The summed E-state index contributed by atoms with van der Waals surface area (Å²) in [5, 5.41) is 21.9. The molecule has 10 heteroatoms. The van der Waals surface area contributed by atoms with Crippen LogP contribution < -0.4 is 41.6 Å². The van der Waals surface area contributed by atoms with Gasteiger partial charge in [-0.3, -0.25) is 9.59 Å². The number of fused-ring (bicyclic) bond motifs is 1. The van der Waals surface area contributed by atoms with E-state index in [4.69, 9.17) is 9.47 Å².